The average molecular weight is 482 g/mol. The number of aromatic amines is 1. The van der Waals surface area contributed by atoms with Gasteiger partial charge in [-0.25, -0.2) is 10.4 Å². The number of hydrogen-bond donors (Lipinski definition) is 5. The van der Waals surface area contributed by atoms with Crippen molar-refractivity contribution in [2.75, 3.05) is 25.2 Å². The number of hydrogen-bond acceptors (Lipinski definition) is 8. The van der Waals surface area contributed by atoms with Crippen molar-refractivity contribution >= 4 is 38.9 Å². The topological polar surface area (TPSA) is 151 Å². The van der Waals surface area contributed by atoms with Crippen LogP contribution >= 0.6 is 15.9 Å². The minimum absolute atomic E-state index is 0.186. The van der Waals surface area contributed by atoms with Crippen LogP contribution in [0.2, 0.25) is 0 Å². The lowest BCUT2D eigenvalue weighted by molar-refractivity contribution is 0.318. The Hall–Kier alpha value is -2.71. The van der Waals surface area contributed by atoms with Crippen molar-refractivity contribution in [1.82, 2.24) is 9.97 Å². The first-order chi connectivity index (χ1) is 14.4. The number of benzene rings is 1. The molecule has 0 aliphatic rings. The number of oxazole rings is 1. The summed E-state index contributed by atoms with van der Waals surface area (Å²) in [4.78, 5) is 7.09. The smallest absolute Gasteiger partial charge is 0.252 e. The van der Waals surface area contributed by atoms with Gasteiger partial charge in [-0.05, 0) is 39.0 Å². The van der Waals surface area contributed by atoms with E-state index in [9.17, 15) is 0 Å². The van der Waals surface area contributed by atoms with Gasteiger partial charge in [-0.1, -0.05) is 15.9 Å². The molecule has 0 aliphatic heterocycles. The summed E-state index contributed by atoms with van der Waals surface area (Å²) < 4.78 is 6.25. The summed E-state index contributed by atoms with van der Waals surface area (Å²) in [7, 11) is 0. The Morgan fingerprint density at radius 2 is 1.83 bits per heavy atom. The van der Waals surface area contributed by atoms with Crippen LogP contribution in [-0.4, -0.2) is 51.3 Å². The third-order valence-corrected chi connectivity index (χ3v) is 3.38. The van der Waals surface area contributed by atoms with Crippen LogP contribution in [0.25, 0.3) is 10.9 Å². The highest BCUT2D eigenvalue weighted by Crippen LogP contribution is 2.22. The maximum Gasteiger partial charge on any atom is 0.252 e. The molecule has 10 heteroatoms. The lowest BCUT2D eigenvalue weighted by Crippen LogP contribution is -1.91. The monoisotopic (exact) mass is 481 g/mol. The highest BCUT2D eigenvalue weighted by molar-refractivity contribution is 9.10. The van der Waals surface area contributed by atoms with Gasteiger partial charge in [-0.3, -0.25) is 0 Å². The molecule has 3 rings (SSSR count). The highest BCUT2D eigenvalue weighted by Gasteiger charge is 2.09. The highest BCUT2D eigenvalue weighted by atomic mass is 79.9. The molecule has 0 saturated heterocycles. The van der Waals surface area contributed by atoms with Crippen molar-refractivity contribution in [2.24, 2.45) is 5.10 Å². The van der Waals surface area contributed by atoms with Gasteiger partial charge in [0.05, 0.1) is 6.21 Å². The Morgan fingerprint density at radius 1 is 1.23 bits per heavy atom. The minimum atomic E-state index is 0.186. The van der Waals surface area contributed by atoms with Crippen molar-refractivity contribution in [3.63, 3.8) is 0 Å². The van der Waals surface area contributed by atoms with Crippen molar-refractivity contribution < 1.29 is 19.7 Å². The number of hydrazone groups is 1. The van der Waals surface area contributed by atoms with Crippen LogP contribution in [0, 0.1) is 18.3 Å². The van der Waals surface area contributed by atoms with Crippen molar-refractivity contribution in [3.8, 4) is 6.07 Å². The normalized spacial score (nSPS) is 9.57. The minimum Gasteiger partial charge on any atom is -0.422 e. The van der Waals surface area contributed by atoms with E-state index in [1.165, 1.54) is 0 Å². The second-order valence-corrected chi connectivity index (χ2v) is 6.19. The summed E-state index contributed by atoms with van der Waals surface area (Å²) >= 11 is 3.44. The molecule has 0 unspecified atom stereocenters. The van der Waals surface area contributed by atoms with E-state index in [4.69, 9.17) is 25.0 Å². The molecule has 1 aromatic carbocycles. The molecule has 0 amide bonds. The van der Waals surface area contributed by atoms with Gasteiger partial charge in [0.1, 0.15) is 6.07 Å². The molecule has 0 atom stereocenters. The van der Waals surface area contributed by atoms with E-state index in [0.29, 0.717) is 5.89 Å². The van der Waals surface area contributed by atoms with Crippen molar-refractivity contribution in [1.29, 1.82) is 5.26 Å². The lowest BCUT2D eigenvalue weighted by Gasteiger charge is -1.95. The number of aryl methyl sites for hydroxylation is 1. The van der Waals surface area contributed by atoms with Crippen LogP contribution in [0.1, 0.15) is 37.9 Å². The molecule has 0 aliphatic carbocycles. The molecule has 0 bridgehead atoms. The first kappa shape index (κ1) is 27.3. The van der Waals surface area contributed by atoms with E-state index in [1.807, 2.05) is 30.5 Å². The quantitative estimate of drug-likeness (QED) is 0.283. The zero-order valence-corrected chi connectivity index (χ0v) is 19.1. The number of anilines is 1. The molecule has 30 heavy (non-hydrogen) atoms. The maximum atomic E-state index is 8.91. The van der Waals surface area contributed by atoms with Gasteiger partial charge >= 0.3 is 0 Å². The molecule has 3 aromatic rings. The Labute approximate surface area is 184 Å². The molecule has 2 aromatic heterocycles. The van der Waals surface area contributed by atoms with Crippen LogP contribution in [0.4, 0.5) is 5.88 Å². The van der Waals surface area contributed by atoms with Crippen LogP contribution in [-0.2, 0) is 0 Å². The largest absolute Gasteiger partial charge is 0.422 e. The Morgan fingerprint density at radius 3 is 2.40 bits per heavy atom. The van der Waals surface area contributed by atoms with E-state index in [1.54, 1.807) is 33.9 Å². The van der Waals surface area contributed by atoms with Gasteiger partial charge in [0, 0.05) is 53.9 Å². The zero-order valence-electron chi connectivity index (χ0n) is 17.5. The third kappa shape index (κ3) is 9.67. The average Bonchev–Trinajstić information content (AvgIpc) is 3.26. The van der Waals surface area contributed by atoms with Crippen LogP contribution in [0.5, 0.6) is 0 Å². The van der Waals surface area contributed by atoms with E-state index in [-0.39, 0.29) is 31.4 Å². The third-order valence-electron chi connectivity index (χ3n) is 2.89. The molecular weight excluding hydrogens is 454 g/mol. The molecule has 0 radical (unpaired) electrons. The Kier molecular flexibility index (Phi) is 14.7. The van der Waals surface area contributed by atoms with Gasteiger partial charge in [-0.15, -0.1) is 0 Å². The number of nitriles is 1. The molecule has 9 nitrogen and oxygen atoms in total. The van der Waals surface area contributed by atoms with E-state index in [0.717, 1.165) is 20.9 Å². The summed E-state index contributed by atoms with van der Waals surface area (Å²) in [5.41, 5.74) is 4.83. The van der Waals surface area contributed by atoms with Crippen molar-refractivity contribution in [3.05, 3.63) is 46.0 Å². The zero-order chi connectivity index (χ0) is 22.9. The van der Waals surface area contributed by atoms with E-state index in [2.05, 4.69) is 36.4 Å². The van der Waals surface area contributed by atoms with Crippen LogP contribution in [0.15, 0.2) is 38.4 Å². The number of aromatic nitrogens is 2. The Balaban J connectivity index is 0.000000806. The standard InChI is InChI=1S/C14H10BrN5O.3C2H6O/c1-8-19-13(5-16)14(21-8)20-18-7-9-6-17-12-3-2-10(15)4-11(9)12;3*1-2-3/h2-4,6-7,17,20H,1H3;3*3H,2H2,1H3/b18-7-;;;. The number of halogens is 1. The fourth-order valence-electron chi connectivity index (χ4n) is 1.96. The number of fused-ring (bicyclic) bond motifs is 1. The summed E-state index contributed by atoms with van der Waals surface area (Å²) in [5.74, 6) is 0.660. The number of rotatable bonds is 3. The second-order valence-electron chi connectivity index (χ2n) is 5.28. The summed E-state index contributed by atoms with van der Waals surface area (Å²) in [6.45, 7) is 7.47. The first-order valence-electron chi connectivity index (χ1n) is 9.17. The van der Waals surface area contributed by atoms with Crippen LogP contribution in [0.3, 0.4) is 0 Å². The molecule has 164 valence electrons. The van der Waals surface area contributed by atoms with Gasteiger partial charge in [0.25, 0.3) is 5.88 Å². The van der Waals surface area contributed by atoms with Gasteiger partial charge < -0.3 is 24.7 Å². The summed E-state index contributed by atoms with van der Waals surface area (Å²) in [6, 6.07) is 7.90. The summed E-state index contributed by atoms with van der Waals surface area (Å²) in [6.07, 6.45) is 3.52. The molecule has 0 spiro atoms. The fourth-order valence-corrected chi connectivity index (χ4v) is 2.32. The molecular formula is C20H28BrN5O4. The van der Waals surface area contributed by atoms with Crippen LogP contribution < -0.4 is 5.43 Å². The van der Waals surface area contributed by atoms with Crippen molar-refractivity contribution in [2.45, 2.75) is 27.7 Å². The Bertz CT molecular complexity index is 926. The molecule has 0 saturated carbocycles. The number of H-pyrrole nitrogens is 1. The van der Waals surface area contributed by atoms with E-state index < -0.39 is 0 Å². The predicted octanol–water partition coefficient (Wildman–Crippen LogP) is 3.54. The lowest BCUT2D eigenvalue weighted by atomic mass is 10.2. The number of aliphatic hydroxyl groups is 3. The second kappa shape index (κ2) is 16.1. The van der Waals surface area contributed by atoms with E-state index >= 15 is 0 Å². The molecule has 2 heterocycles. The SMILES string of the molecule is CCO.CCO.CCO.Cc1nc(C#N)c(N/N=C\c2c[nH]c3ccc(Br)cc23)o1. The number of aliphatic hydroxyl groups excluding tert-OH is 3. The predicted molar refractivity (Wildman–Crippen MR) is 121 cm³/mol. The van der Waals surface area contributed by atoms with Gasteiger partial charge in [0.2, 0.25) is 5.69 Å². The number of nitrogens with zero attached hydrogens (tertiary/aromatic N) is 3. The summed E-state index contributed by atoms with van der Waals surface area (Å²) in [5, 5.41) is 36.8. The van der Waals surface area contributed by atoms with Gasteiger partial charge in [-0.2, -0.15) is 10.4 Å². The van der Waals surface area contributed by atoms with Gasteiger partial charge in [0.15, 0.2) is 5.89 Å². The molecule has 0 fully saturated rings. The maximum absolute atomic E-state index is 8.91. The fraction of sp³-hybridized carbons (Fsp3) is 0.350. The molecule has 5 N–H and O–H groups in total. The first-order valence-corrected chi connectivity index (χ1v) is 9.97. The number of nitrogens with one attached hydrogen (secondary N) is 2.